The summed E-state index contributed by atoms with van der Waals surface area (Å²) in [6.07, 6.45) is 0. The zero-order chi connectivity index (χ0) is 13.9. The van der Waals surface area contributed by atoms with Crippen LogP contribution in [0.25, 0.3) is 0 Å². The largest absolute Gasteiger partial charge is 0.371 e. The number of hydrogen-bond acceptors (Lipinski definition) is 5. The predicted octanol–water partition coefficient (Wildman–Crippen LogP) is 1.14. The number of nitrogens with two attached hydrogens (primary N) is 1. The van der Waals surface area contributed by atoms with E-state index in [-0.39, 0.29) is 11.3 Å². The molecule has 0 atom stereocenters. The minimum atomic E-state index is -1.04. The molecule has 1 aromatic carbocycles. The number of nitriles is 1. The van der Waals surface area contributed by atoms with Crippen molar-refractivity contribution in [2.24, 2.45) is 5.73 Å². The highest BCUT2D eigenvalue weighted by Gasteiger charge is 2.25. The van der Waals surface area contributed by atoms with Crippen LogP contribution in [0.5, 0.6) is 0 Å². The van der Waals surface area contributed by atoms with E-state index in [0.717, 1.165) is 0 Å². The topological polar surface area (TPSA) is 122 Å². The molecule has 18 heavy (non-hydrogen) atoms. The highest BCUT2D eigenvalue weighted by atomic mass is 16.6. The lowest BCUT2D eigenvalue weighted by molar-refractivity contribution is -0.385. The Morgan fingerprint density at radius 1 is 1.56 bits per heavy atom. The predicted molar refractivity (Wildman–Crippen MR) is 64.7 cm³/mol. The minimum absolute atomic E-state index is 0.0394. The van der Waals surface area contributed by atoms with Gasteiger partial charge in [0.15, 0.2) is 0 Å². The summed E-state index contributed by atoms with van der Waals surface area (Å²) in [7, 11) is 0. The Balaban J connectivity index is 3.15. The summed E-state index contributed by atoms with van der Waals surface area (Å²) >= 11 is 0. The Labute approximate surface area is 103 Å². The number of anilines is 1. The number of benzene rings is 1. The monoisotopic (exact) mass is 248 g/mol. The normalized spacial score (nSPS) is 10.5. The van der Waals surface area contributed by atoms with E-state index in [1.807, 2.05) is 0 Å². The van der Waals surface area contributed by atoms with Gasteiger partial charge in [-0.2, -0.15) is 5.26 Å². The van der Waals surface area contributed by atoms with Crippen molar-refractivity contribution >= 4 is 17.3 Å². The first-order valence-electron chi connectivity index (χ1n) is 5.04. The van der Waals surface area contributed by atoms with E-state index >= 15 is 0 Å². The smallest absolute Gasteiger partial charge is 0.289 e. The molecular weight excluding hydrogens is 236 g/mol. The highest BCUT2D eigenvalue weighted by molar-refractivity contribution is 5.87. The Morgan fingerprint density at radius 3 is 2.61 bits per heavy atom. The van der Waals surface area contributed by atoms with Crippen LogP contribution in [-0.2, 0) is 4.79 Å². The number of nitrogens with zero attached hydrogens (tertiary/aromatic N) is 2. The number of nitrogens with one attached hydrogen (secondary N) is 1. The SMILES string of the molecule is CC(C)(Nc1ccc(C#N)c([N+](=O)[O-])c1)C(N)=O. The van der Waals surface area contributed by atoms with Gasteiger partial charge in [0.05, 0.1) is 4.92 Å². The summed E-state index contributed by atoms with van der Waals surface area (Å²) in [5.74, 6) is -0.588. The van der Waals surface area contributed by atoms with Gasteiger partial charge >= 0.3 is 0 Å². The molecule has 0 spiro atoms. The third kappa shape index (κ3) is 2.74. The average molecular weight is 248 g/mol. The lowest BCUT2D eigenvalue weighted by atomic mass is 10.0. The molecule has 0 saturated carbocycles. The summed E-state index contributed by atoms with van der Waals surface area (Å²) in [6.45, 7) is 3.11. The first-order valence-corrected chi connectivity index (χ1v) is 5.04. The fourth-order valence-corrected chi connectivity index (χ4v) is 1.28. The highest BCUT2D eigenvalue weighted by Crippen LogP contribution is 2.24. The molecule has 94 valence electrons. The Hall–Kier alpha value is -2.62. The molecule has 7 nitrogen and oxygen atoms in total. The second kappa shape index (κ2) is 4.71. The van der Waals surface area contributed by atoms with Gasteiger partial charge in [0.1, 0.15) is 17.2 Å². The van der Waals surface area contributed by atoms with Crippen molar-refractivity contribution in [3.63, 3.8) is 0 Å². The van der Waals surface area contributed by atoms with Gasteiger partial charge in [-0.05, 0) is 26.0 Å². The van der Waals surface area contributed by atoms with Crippen LogP contribution in [0.15, 0.2) is 18.2 Å². The average Bonchev–Trinajstić information content (AvgIpc) is 2.28. The lowest BCUT2D eigenvalue weighted by Gasteiger charge is -2.23. The Kier molecular flexibility index (Phi) is 3.52. The van der Waals surface area contributed by atoms with Gasteiger partial charge in [0, 0.05) is 11.8 Å². The van der Waals surface area contributed by atoms with E-state index in [1.165, 1.54) is 18.2 Å². The van der Waals surface area contributed by atoms with E-state index in [2.05, 4.69) is 5.32 Å². The third-order valence-corrected chi connectivity index (χ3v) is 2.39. The van der Waals surface area contributed by atoms with Crippen LogP contribution in [0.1, 0.15) is 19.4 Å². The molecule has 1 rings (SSSR count). The molecule has 0 aromatic heterocycles. The number of rotatable bonds is 4. The van der Waals surface area contributed by atoms with Crippen molar-refractivity contribution in [1.82, 2.24) is 0 Å². The van der Waals surface area contributed by atoms with Crippen LogP contribution in [0, 0.1) is 21.4 Å². The fourth-order valence-electron chi connectivity index (χ4n) is 1.28. The second-order valence-electron chi connectivity index (χ2n) is 4.22. The summed E-state index contributed by atoms with van der Waals surface area (Å²) in [5, 5.41) is 22.3. The minimum Gasteiger partial charge on any atom is -0.371 e. The Morgan fingerprint density at radius 2 is 2.17 bits per heavy atom. The van der Waals surface area contributed by atoms with E-state index in [4.69, 9.17) is 11.0 Å². The van der Waals surface area contributed by atoms with Crippen LogP contribution in [-0.4, -0.2) is 16.4 Å². The van der Waals surface area contributed by atoms with Gasteiger partial charge in [-0.15, -0.1) is 0 Å². The first-order chi connectivity index (χ1) is 8.27. The van der Waals surface area contributed by atoms with Crippen molar-refractivity contribution in [3.05, 3.63) is 33.9 Å². The number of hydrogen-bond donors (Lipinski definition) is 2. The van der Waals surface area contributed by atoms with Crippen LogP contribution < -0.4 is 11.1 Å². The van der Waals surface area contributed by atoms with Crippen LogP contribution in [0.3, 0.4) is 0 Å². The molecule has 0 aliphatic heterocycles. The maximum absolute atomic E-state index is 11.1. The van der Waals surface area contributed by atoms with E-state index in [1.54, 1.807) is 19.9 Å². The van der Waals surface area contributed by atoms with Crippen LogP contribution >= 0.6 is 0 Å². The molecule has 0 radical (unpaired) electrons. The molecule has 0 saturated heterocycles. The van der Waals surface area contributed by atoms with Crippen molar-refractivity contribution in [1.29, 1.82) is 5.26 Å². The van der Waals surface area contributed by atoms with Crippen molar-refractivity contribution in [2.75, 3.05) is 5.32 Å². The van der Waals surface area contributed by atoms with Crippen molar-refractivity contribution in [2.45, 2.75) is 19.4 Å². The molecule has 0 bridgehead atoms. The van der Waals surface area contributed by atoms with Gasteiger partial charge in [-0.3, -0.25) is 14.9 Å². The van der Waals surface area contributed by atoms with E-state index < -0.39 is 16.4 Å². The second-order valence-corrected chi connectivity index (χ2v) is 4.22. The fraction of sp³-hybridized carbons (Fsp3) is 0.273. The maximum Gasteiger partial charge on any atom is 0.289 e. The summed E-state index contributed by atoms with van der Waals surface area (Å²) in [5.41, 5.74) is 4.14. The first kappa shape index (κ1) is 13.4. The number of primary amides is 1. The molecule has 1 amide bonds. The zero-order valence-electron chi connectivity index (χ0n) is 9.93. The van der Waals surface area contributed by atoms with Gasteiger partial charge in [0.25, 0.3) is 5.69 Å². The molecule has 0 aliphatic rings. The molecular formula is C11H12N4O3. The van der Waals surface area contributed by atoms with Crippen LogP contribution in [0.4, 0.5) is 11.4 Å². The molecule has 7 heteroatoms. The van der Waals surface area contributed by atoms with E-state index in [9.17, 15) is 14.9 Å². The molecule has 0 heterocycles. The number of carbonyl (C=O) groups excluding carboxylic acids is 1. The number of nitro groups is 1. The molecule has 0 aliphatic carbocycles. The van der Waals surface area contributed by atoms with Gasteiger partial charge in [-0.25, -0.2) is 0 Å². The molecule has 3 N–H and O–H groups in total. The standard InChI is InChI=1S/C11H12N4O3/c1-11(2,10(13)16)14-8-4-3-7(6-12)9(5-8)15(17)18/h3-5,14H,1-2H3,(H2,13,16). The molecule has 0 unspecified atom stereocenters. The maximum atomic E-state index is 11.1. The quantitative estimate of drug-likeness (QED) is 0.611. The summed E-state index contributed by atoms with van der Waals surface area (Å²) in [4.78, 5) is 21.3. The zero-order valence-corrected chi connectivity index (χ0v) is 9.93. The van der Waals surface area contributed by atoms with Crippen molar-refractivity contribution < 1.29 is 9.72 Å². The summed E-state index contributed by atoms with van der Waals surface area (Å²) < 4.78 is 0. The number of amides is 1. The molecule has 1 aromatic rings. The Bertz CT molecular complexity index is 546. The summed E-state index contributed by atoms with van der Waals surface area (Å²) in [6, 6.07) is 5.73. The van der Waals surface area contributed by atoms with Gasteiger partial charge in [-0.1, -0.05) is 0 Å². The number of nitro benzene ring substituents is 1. The molecule has 0 fully saturated rings. The van der Waals surface area contributed by atoms with Gasteiger partial charge < -0.3 is 11.1 Å². The number of carbonyl (C=O) groups is 1. The van der Waals surface area contributed by atoms with Crippen molar-refractivity contribution in [3.8, 4) is 6.07 Å². The van der Waals surface area contributed by atoms with Crippen LogP contribution in [0.2, 0.25) is 0 Å². The lowest BCUT2D eigenvalue weighted by Crippen LogP contribution is -2.45. The van der Waals surface area contributed by atoms with E-state index in [0.29, 0.717) is 5.69 Å². The van der Waals surface area contributed by atoms with Gasteiger partial charge in [0.2, 0.25) is 5.91 Å². The third-order valence-electron chi connectivity index (χ3n) is 2.39.